The number of hydrogen-bond donors (Lipinski definition) is 1. The lowest BCUT2D eigenvalue weighted by Gasteiger charge is -2.34. The van der Waals surface area contributed by atoms with Crippen LogP contribution in [-0.4, -0.2) is 50.0 Å². The summed E-state index contributed by atoms with van der Waals surface area (Å²) in [6, 6.07) is 20.1. The number of sulfonamides is 1. The second-order valence-electron chi connectivity index (χ2n) is 9.57. The minimum Gasteiger partial charge on any atom is -0.352 e. The summed E-state index contributed by atoms with van der Waals surface area (Å²) in [6.07, 6.45) is 1.96. The molecule has 0 heterocycles. The molecule has 2 unspecified atom stereocenters. The molecule has 0 saturated heterocycles. The van der Waals surface area contributed by atoms with Gasteiger partial charge in [0.25, 0.3) is 0 Å². The number of hydrogen-bond acceptors (Lipinski definition) is 4. The number of amides is 2. The van der Waals surface area contributed by atoms with Crippen molar-refractivity contribution < 1.29 is 18.0 Å². The molecule has 3 aromatic carbocycles. The minimum atomic E-state index is -3.92. The Labute approximate surface area is 254 Å². The molecule has 3 aromatic rings. The first-order valence-corrected chi connectivity index (χ1v) is 16.1. The Morgan fingerprint density at radius 2 is 1.55 bits per heavy atom. The van der Waals surface area contributed by atoms with Crippen LogP contribution in [0.5, 0.6) is 0 Å². The lowest BCUT2D eigenvalue weighted by molar-refractivity contribution is -0.140. The largest absolute Gasteiger partial charge is 0.352 e. The smallest absolute Gasteiger partial charge is 0.244 e. The predicted molar refractivity (Wildman–Crippen MR) is 165 cm³/mol. The average Bonchev–Trinajstić information content (AvgIpc) is 2.89. The zero-order valence-electron chi connectivity index (χ0n) is 22.5. The molecule has 214 valence electrons. The van der Waals surface area contributed by atoms with Crippen LogP contribution in [0.2, 0.25) is 10.0 Å². The third-order valence-corrected chi connectivity index (χ3v) is 8.46. The van der Waals surface area contributed by atoms with Crippen molar-refractivity contribution in [3.8, 4) is 0 Å². The minimum absolute atomic E-state index is 0.0887. The van der Waals surface area contributed by atoms with Crippen LogP contribution >= 0.6 is 39.1 Å². The van der Waals surface area contributed by atoms with Crippen LogP contribution < -0.4 is 9.62 Å². The molecule has 0 fully saturated rings. The van der Waals surface area contributed by atoms with Crippen LogP contribution in [0.15, 0.2) is 77.3 Å². The highest BCUT2D eigenvalue weighted by Gasteiger charge is 2.33. The fraction of sp³-hybridized carbons (Fsp3) is 0.310. The molecule has 2 amide bonds. The summed E-state index contributed by atoms with van der Waals surface area (Å²) in [5.74, 6) is -0.870. The molecule has 1 N–H and O–H groups in total. The fourth-order valence-electron chi connectivity index (χ4n) is 4.08. The van der Waals surface area contributed by atoms with Gasteiger partial charge in [-0.15, -0.1) is 0 Å². The van der Waals surface area contributed by atoms with Gasteiger partial charge in [0, 0.05) is 33.5 Å². The van der Waals surface area contributed by atoms with E-state index in [2.05, 4.69) is 21.2 Å². The Bertz CT molecular complexity index is 1400. The first-order chi connectivity index (χ1) is 18.9. The maximum atomic E-state index is 14.1. The molecule has 40 heavy (non-hydrogen) atoms. The molecule has 2 atom stereocenters. The second kappa shape index (κ2) is 14.3. The number of anilines is 1. The van der Waals surface area contributed by atoms with Gasteiger partial charge in [-0.1, -0.05) is 88.5 Å². The molecule has 0 aliphatic rings. The molecular formula is C29H32BrCl2N3O4S. The SMILES string of the molecule is CCC(C)NC(=O)C(Cc1ccccc1)N(Cc1ccc(Br)cc1)C(=O)CN(c1cc(Cl)cc(Cl)c1)S(C)(=O)=O. The van der Waals surface area contributed by atoms with E-state index in [1.165, 1.54) is 23.1 Å². The van der Waals surface area contributed by atoms with Gasteiger partial charge in [-0.3, -0.25) is 13.9 Å². The van der Waals surface area contributed by atoms with E-state index in [1.54, 1.807) is 0 Å². The number of rotatable bonds is 12. The maximum Gasteiger partial charge on any atom is 0.244 e. The van der Waals surface area contributed by atoms with Crippen LogP contribution in [0.4, 0.5) is 5.69 Å². The molecule has 0 aromatic heterocycles. The molecule has 0 saturated carbocycles. The molecule has 3 rings (SSSR count). The van der Waals surface area contributed by atoms with Gasteiger partial charge >= 0.3 is 0 Å². The highest BCUT2D eigenvalue weighted by molar-refractivity contribution is 9.10. The summed E-state index contributed by atoms with van der Waals surface area (Å²) in [5, 5.41) is 3.46. The summed E-state index contributed by atoms with van der Waals surface area (Å²) in [6.45, 7) is 3.40. The van der Waals surface area contributed by atoms with E-state index in [1.807, 2.05) is 68.4 Å². The Kier molecular flexibility index (Phi) is 11.5. The molecule has 0 radical (unpaired) electrons. The van der Waals surface area contributed by atoms with E-state index in [0.29, 0.717) is 6.42 Å². The van der Waals surface area contributed by atoms with Crippen LogP contribution in [0, 0.1) is 0 Å². The van der Waals surface area contributed by atoms with Gasteiger partial charge in [-0.05, 0) is 54.8 Å². The van der Waals surface area contributed by atoms with E-state index in [9.17, 15) is 18.0 Å². The van der Waals surface area contributed by atoms with Crippen LogP contribution in [-0.2, 0) is 32.6 Å². The third-order valence-electron chi connectivity index (χ3n) is 6.35. The Morgan fingerprint density at radius 1 is 0.950 bits per heavy atom. The second-order valence-corrected chi connectivity index (χ2v) is 13.3. The summed E-state index contributed by atoms with van der Waals surface area (Å²) < 4.78 is 27.6. The van der Waals surface area contributed by atoms with Crippen molar-refractivity contribution in [2.24, 2.45) is 0 Å². The highest BCUT2D eigenvalue weighted by Crippen LogP contribution is 2.27. The van der Waals surface area contributed by atoms with Crippen molar-refractivity contribution >= 4 is 66.7 Å². The Morgan fingerprint density at radius 3 is 2.10 bits per heavy atom. The maximum absolute atomic E-state index is 14.1. The van der Waals surface area contributed by atoms with E-state index in [4.69, 9.17) is 23.2 Å². The normalized spacial score (nSPS) is 12.8. The molecular weight excluding hydrogens is 637 g/mol. The highest BCUT2D eigenvalue weighted by atomic mass is 79.9. The third kappa shape index (κ3) is 9.23. The van der Waals surface area contributed by atoms with Gasteiger partial charge in [0.15, 0.2) is 0 Å². The zero-order valence-corrected chi connectivity index (χ0v) is 26.4. The van der Waals surface area contributed by atoms with Crippen molar-refractivity contribution in [1.82, 2.24) is 10.2 Å². The van der Waals surface area contributed by atoms with Crippen molar-refractivity contribution in [2.45, 2.75) is 45.3 Å². The first-order valence-electron chi connectivity index (χ1n) is 12.7. The molecule has 0 bridgehead atoms. The van der Waals surface area contributed by atoms with Gasteiger partial charge in [0.05, 0.1) is 11.9 Å². The lowest BCUT2D eigenvalue weighted by Crippen LogP contribution is -2.54. The number of carbonyl (C=O) groups excluding carboxylic acids is 2. The molecule has 0 aliphatic heterocycles. The number of carbonyl (C=O) groups is 2. The fourth-order valence-corrected chi connectivity index (χ4v) is 5.69. The van der Waals surface area contributed by atoms with Crippen molar-refractivity contribution in [2.75, 3.05) is 17.1 Å². The van der Waals surface area contributed by atoms with E-state index >= 15 is 0 Å². The van der Waals surface area contributed by atoms with Crippen LogP contribution in [0.1, 0.15) is 31.4 Å². The summed E-state index contributed by atoms with van der Waals surface area (Å²) in [7, 11) is -3.92. The van der Waals surface area contributed by atoms with Crippen molar-refractivity contribution in [3.63, 3.8) is 0 Å². The first kappa shape index (κ1) is 31.9. The van der Waals surface area contributed by atoms with Gasteiger partial charge in [0.2, 0.25) is 21.8 Å². The van der Waals surface area contributed by atoms with Crippen molar-refractivity contribution in [1.29, 1.82) is 0 Å². The van der Waals surface area contributed by atoms with E-state index < -0.39 is 28.5 Å². The zero-order chi connectivity index (χ0) is 29.4. The standard InChI is InChI=1S/C29H32BrCl2N3O4S/c1-4-20(2)33-29(37)27(14-21-8-6-5-7-9-21)34(18-22-10-12-23(30)13-11-22)28(36)19-35(40(3,38)39)26-16-24(31)15-25(32)17-26/h5-13,15-17,20,27H,4,14,18-19H2,1-3H3,(H,33,37). The van der Waals surface area contributed by atoms with Gasteiger partial charge in [-0.25, -0.2) is 8.42 Å². The number of halogens is 3. The van der Waals surface area contributed by atoms with Gasteiger partial charge < -0.3 is 10.2 Å². The molecule has 0 aliphatic carbocycles. The summed E-state index contributed by atoms with van der Waals surface area (Å²) in [5.41, 5.74) is 1.80. The topological polar surface area (TPSA) is 86.8 Å². The van der Waals surface area contributed by atoms with E-state index in [-0.39, 0.29) is 40.6 Å². The number of benzene rings is 3. The monoisotopic (exact) mass is 667 g/mol. The van der Waals surface area contributed by atoms with Crippen LogP contribution in [0.25, 0.3) is 0 Å². The Balaban J connectivity index is 2.07. The Hall–Kier alpha value is -2.59. The van der Waals surface area contributed by atoms with E-state index in [0.717, 1.165) is 26.2 Å². The number of nitrogens with zero attached hydrogens (tertiary/aromatic N) is 2. The average molecular weight is 669 g/mol. The lowest BCUT2D eigenvalue weighted by atomic mass is 10.0. The summed E-state index contributed by atoms with van der Waals surface area (Å²) in [4.78, 5) is 29.2. The van der Waals surface area contributed by atoms with Gasteiger partial charge in [-0.2, -0.15) is 0 Å². The molecule has 7 nitrogen and oxygen atoms in total. The van der Waals surface area contributed by atoms with Gasteiger partial charge in [0.1, 0.15) is 12.6 Å². The van der Waals surface area contributed by atoms with Crippen LogP contribution in [0.3, 0.4) is 0 Å². The summed E-state index contributed by atoms with van der Waals surface area (Å²) >= 11 is 15.7. The predicted octanol–water partition coefficient (Wildman–Crippen LogP) is 6.08. The number of nitrogens with one attached hydrogen (secondary N) is 1. The van der Waals surface area contributed by atoms with Crippen molar-refractivity contribution in [3.05, 3.63) is 98.4 Å². The molecule has 11 heteroatoms. The molecule has 0 spiro atoms. The quantitative estimate of drug-likeness (QED) is 0.254.